The Hall–Kier alpha value is -1.35. The maximum atomic E-state index is 12.6. The third-order valence-electron chi connectivity index (χ3n) is 4.00. The van der Waals surface area contributed by atoms with E-state index in [1.54, 1.807) is 9.80 Å². The number of aromatic nitrogens is 1. The molecule has 0 bridgehead atoms. The first-order valence-corrected chi connectivity index (χ1v) is 8.00. The predicted octanol–water partition coefficient (Wildman–Crippen LogP) is 2.16. The van der Waals surface area contributed by atoms with E-state index in [0.29, 0.717) is 45.2 Å². The van der Waals surface area contributed by atoms with E-state index in [2.05, 4.69) is 20.9 Å². The minimum absolute atomic E-state index is 0.0765. The Balaban J connectivity index is 1.62. The lowest BCUT2D eigenvalue weighted by molar-refractivity contribution is -0.140. The van der Waals surface area contributed by atoms with Crippen molar-refractivity contribution in [3.05, 3.63) is 22.3 Å². The van der Waals surface area contributed by atoms with Gasteiger partial charge in [0.15, 0.2) is 0 Å². The number of nitrogens with zero attached hydrogens (tertiary/aromatic N) is 3. The van der Waals surface area contributed by atoms with E-state index < -0.39 is 11.7 Å². The van der Waals surface area contributed by atoms with Crippen molar-refractivity contribution in [2.24, 2.45) is 5.92 Å². The van der Waals surface area contributed by atoms with Crippen LogP contribution < -0.4 is 4.90 Å². The normalized spacial score (nSPS) is 19.7. The van der Waals surface area contributed by atoms with Crippen molar-refractivity contribution in [3.63, 3.8) is 0 Å². The van der Waals surface area contributed by atoms with Crippen LogP contribution in [0.25, 0.3) is 0 Å². The minimum atomic E-state index is -4.42. The number of ether oxygens (including phenoxy) is 1. The van der Waals surface area contributed by atoms with Crippen molar-refractivity contribution in [1.82, 2.24) is 9.88 Å². The van der Waals surface area contributed by atoms with Gasteiger partial charge in [0.05, 0.1) is 29.2 Å². The van der Waals surface area contributed by atoms with Crippen LogP contribution in [0, 0.1) is 5.92 Å². The van der Waals surface area contributed by atoms with Gasteiger partial charge in [-0.1, -0.05) is 0 Å². The number of anilines is 1. The van der Waals surface area contributed by atoms with E-state index in [4.69, 9.17) is 4.74 Å². The molecule has 0 atom stereocenters. The molecular formula is C14H15BrF3N3O2. The fraction of sp³-hybridized carbons (Fsp3) is 0.571. The van der Waals surface area contributed by atoms with Crippen molar-refractivity contribution in [2.45, 2.75) is 6.18 Å². The smallest absolute Gasteiger partial charge is 0.378 e. The third-order valence-corrected chi connectivity index (χ3v) is 4.59. The number of pyridine rings is 1. The van der Waals surface area contributed by atoms with E-state index in [-0.39, 0.29) is 16.3 Å². The molecule has 3 rings (SSSR count). The Kier molecular flexibility index (Phi) is 4.50. The maximum Gasteiger partial charge on any atom is 0.417 e. The highest BCUT2D eigenvalue weighted by Gasteiger charge is 2.38. The zero-order chi connectivity index (χ0) is 16.6. The van der Waals surface area contributed by atoms with E-state index in [0.717, 1.165) is 12.3 Å². The SMILES string of the molecule is O=C(C1CN(c2ncc(C(F)(F)F)cc2Br)C1)N1CCOCC1. The number of halogens is 4. The van der Waals surface area contributed by atoms with E-state index >= 15 is 0 Å². The van der Waals surface area contributed by atoms with Gasteiger partial charge in [-0.25, -0.2) is 4.98 Å². The van der Waals surface area contributed by atoms with Crippen LogP contribution in [0.2, 0.25) is 0 Å². The van der Waals surface area contributed by atoms with Crippen LogP contribution in [0.5, 0.6) is 0 Å². The summed E-state index contributed by atoms with van der Waals surface area (Å²) >= 11 is 3.13. The highest BCUT2D eigenvalue weighted by Crippen LogP contribution is 2.35. The minimum Gasteiger partial charge on any atom is -0.378 e. The van der Waals surface area contributed by atoms with Crippen LogP contribution in [0.3, 0.4) is 0 Å². The molecule has 2 aliphatic heterocycles. The van der Waals surface area contributed by atoms with Crippen LogP contribution in [-0.2, 0) is 15.7 Å². The van der Waals surface area contributed by atoms with Crippen LogP contribution in [0.4, 0.5) is 19.0 Å². The molecule has 0 N–H and O–H groups in total. The Morgan fingerprint density at radius 2 is 1.96 bits per heavy atom. The second-order valence-electron chi connectivity index (χ2n) is 5.57. The monoisotopic (exact) mass is 393 g/mol. The topological polar surface area (TPSA) is 45.7 Å². The fourth-order valence-corrected chi connectivity index (χ4v) is 3.27. The molecule has 9 heteroatoms. The van der Waals surface area contributed by atoms with Gasteiger partial charge in [0.25, 0.3) is 0 Å². The van der Waals surface area contributed by atoms with Gasteiger partial charge < -0.3 is 14.5 Å². The summed E-state index contributed by atoms with van der Waals surface area (Å²) in [6.45, 7) is 3.22. The lowest BCUT2D eigenvalue weighted by Crippen LogP contribution is -2.56. The summed E-state index contributed by atoms with van der Waals surface area (Å²) in [5, 5.41) is 0. The largest absolute Gasteiger partial charge is 0.417 e. The molecule has 2 fully saturated rings. The van der Waals surface area contributed by atoms with Crippen LogP contribution >= 0.6 is 15.9 Å². The van der Waals surface area contributed by atoms with E-state index in [1.807, 2.05) is 0 Å². The molecule has 5 nitrogen and oxygen atoms in total. The maximum absolute atomic E-state index is 12.6. The van der Waals surface area contributed by atoms with E-state index in [1.165, 1.54) is 0 Å². The summed E-state index contributed by atoms with van der Waals surface area (Å²) in [5.41, 5.74) is -0.797. The van der Waals surface area contributed by atoms with Gasteiger partial charge in [0.1, 0.15) is 5.82 Å². The average Bonchev–Trinajstić information content (AvgIpc) is 2.47. The molecule has 3 heterocycles. The lowest BCUT2D eigenvalue weighted by Gasteiger charge is -2.42. The summed E-state index contributed by atoms with van der Waals surface area (Å²) in [6, 6.07) is 1.01. The Labute approximate surface area is 139 Å². The first-order chi connectivity index (χ1) is 10.9. The van der Waals surface area contributed by atoms with Crippen molar-refractivity contribution in [1.29, 1.82) is 0 Å². The zero-order valence-electron chi connectivity index (χ0n) is 12.1. The van der Waals surface area contributed by atoms with Crippen LogP contribution in [0.1, 0.15) is 5.56 Å². The van der Waals surface area contributed by atoms with Gasteiger partial charge >= 0.3 is 6.18 Å². The number of carbonyl (C=O) groups is 1. The molecule has 1 aromatic heterocycles. The molecule has 2 saturated heterocycles. The molecule has 2 aliphatic rings. The summed E-state index contributed by atoms with van der Waals surface area (Å²) in [4.78, 5) is 19.8. The van der Waals surface area contributed by atoms with Gasteiger partial charge in [0.2, 0.25) is 5.91 Å². The van der Waals surface area contributed by atoms with Gasteiger partial charge in [-0.2, -0.15) is 13.2 Å². The number of rotatable bonds is 2. The standard InChI is InChI=1S/C14H15BrF3N3O2/c15-11-5-10(14(16,17)18)6-19-12(11)21-7-9(8-21)13(22)20-1-3-23-4-2-20/h5-6,9H,1-4,7-8H2. The summed E-state index contributed by atoms with van der Waals surface area (Å²) in [5.74, 6) is 0.376. The van der Waals surface area contributed by atoms with Gasteiger partial charge in [-0.15, -0.1) is 0 Å². The number of amides is 1. The first kappa shape index (κ1) is 16.5. The molecular weight excluding hydrogens is 379 g/mol. The van der Waals surface area contributed by atoms with E-state index in [9.17, 15) is 18.0 Å². The quantitative estimate of drug-likeness (QED) is 0.772. The van der Waals surface area contributed by atoms with Gasteiger partial charge in [-0.05, 0) is 22.0 Å². The number of hydrogen-bond acceptors (Lipinski definition) is 4. The summed E-state index contributed by atoms with van der Waals surface area (Å²) in [7, 11) is 0. The third kappa shape index (κ3) is 3.45. The Morgan fingerprint density at radius 1 is 1.30 bits per heavy atom. The van der Waals surface area contributed by atoms with Crippen molar-refractivity contribution >= 4 is 27.7 Å². The summed E-state index contributed by atoms with van der Waals surface area (Å²) < 4.78 is 43.4. The molecule has 23 heavy (non-hydrogen) atoms. The Bertz CT molecular complexity index is 599. The van der Waals surface area contributed by atoms with Crippen molar-refractivity contribution in [3.8, 4) is 0 Å². The highest BCUT2D eigenvalue weighted by molar-refractivity contribution is 9.10. The molecule has 126 valence electrons. The second kappa shape index (κ2) is 6.27. The number of carbonyl (C=O) groups excluding carboxylic acids is 1. The molecule has 0 aliphatic carbocycles. The predicted molar refractivity (Wildman–Crippen MR) is 80.0 cm³/mol. The molecule has 0 unspecified atom stereocenters. The highest BCUT2D eigenvalue weighted by atomic mass is 79.9. The molecule has 1 aromatic rings. The fourth-order valence-electron chi connectivity index (χ4n) is 2.67. The van der Waals surface area contributed by atoms with Crippen molar-refractivity contribution in [2.75, 3.05) is 44.3 Å². The lowest BCUT2D eigenvalue weighted by atomic mass is 9.98. The van der Waals surface area contributed by atoms with Gasteiger partial charge in [-0.3, -0.25) is 4.79 Å². The van der Waals surface area contributed by atoms with Gasteiger partial charge in [0, 0.05) is 32.4 Å². The van der Waals surface area contributed by atoms with Crippen LogP contribution in [-0.4, -0.2) is 55.2 Å². The summed E-state index contributed by atoms with van der Waals surface area (Å²) in [6.07, 6.45) is -3.60. The zero-order valence-corrected chi connectivity index (χ0v) is 13.7. The number of alkyl halides is 3. The Morgan fingerprint density at radius 3 is 2.52 bits per heavy atom. The molecule has 0 spiro atoms. The number of morpholine rings is 1. The molecule has 0 saturated carbocycles. The first-order valence-electron chi connectivity index (χ1n) is 7.20. The number of hydrogen-bond donors (Lipinski definition) is 0. The van der Waals surface area contributed by atoms with Crippen molar-refractivity contribution < 1.29 is 22.7 Å². The molecule has 0 radical (unpaired) electrons. The van der Waals surface area contributed by atoms with Crippen LogP contribution in [0.15, 0.2) is 16.7 Å². The molecule has 1 amide bonds. The average molecular weight is 394 g/mol. The molecule has 0 aromatic carbocycles. The second-order valence-corrected chi connectivity index (χ2v) is 6.42.